The highest BCUT2D eigenvalue weighted by Crippen LogP contribution is 2.32. The third-order valence-electron chi connectivity index (χ3n) is 5.50. The van der Waals surface area contributed by atoms with Gasteiger partial charge < -0.3 is 9.80 Å². The van der Waals surface area contributed by atoms with E-state index in [2.05, 4.69) is 0 Å². The van der Waals surface area contributed by atoms with Gasteiger partial charge in [-0.2, -0.15) is 13.2 Å². The van der Waals surface area contributed by atoms with Gasteiger partial charge in [0.25, 0.3) is 0 Å². The minimum absolute atomic E-state index is 0.242. The van der Waals surface area contributed by atoms with Crippen LogP contribution in [0, 0.1) is 0 Å². The van der Waals surface area contributed by atoms with E-state index >= 15 is 0 Å². The zero-order valence-corrected chi connectivity index (χ0v) is 19.8. The Hall–Kier alpha value is -2.46. The molecular formula is C22H25ClF3N3O3S. The van der Waals surface area contributed by atoms with Crippen molar-refractivity contribution in [3.8, 4) is 0 Å². The van der Waals surface area contributed by atoms with Crippen molar-refractivity contribution in [1.29, 1.82) is 0 Å². The van der Waals surface area contributed by atoms with E-state index in [0.717, 1.165) is 22.7 Å². The number of nitrogens with zero attached hydrogens (tertiary/aromatic N) is 3. The molecule has 11 heteroatoms. The van der Waals surface area contributed by atoms with Crippen LogP contribution in [0.5, 0.6) is 0 Å². The Morgan fingerprint density at radius 2 is 1.73 bits per heavy atom. The van der Waals surface area contributed by atoms with Gasteiger partial charge in [-0.15, -0.1) is 0 Å². The van der Waals surface area contributed by atoms with Crippen LogP contribution in [0.15, 0.2) is 48.5 Å². The van der Waals surface area contributed by atoms with E-state index in [0.29, 0.717) is 29.5 Å². The van der Waals surface area contributed by atoms with Gasteiger partial charge in [0.15, 0.2) is 0 Å². The number of carbonyl (C=O) groups excluding carboxylic acids is 1. The van der Waals surface area contributed by atoms with Crippen LogP contribution in [0.1, 0.15) is 18.9 Å². The summed E-state index contributed by atoms with van der Waals surface area (Å²) in [5, 5.41) is 0.346. The number of anilines is 2. The summed E-state index contributed by atoms with van der Waals surface area (Å²) in [6.45, 7) is 2.92. The molecule has 6 nitrogen and oxygen atoms in total. The molecule has 1 aliphatic heterocycles. The summed E-state index contributed by atoms with van der Waals surface area (Å²) in [4.78, 5) is 16.7. The van der Waals surface area contributed by atoms with Gasteiger partial charge in [-0.1, -0.05) is 30.7 Å². The highest BCUT2D eigenvalue weighted by Gasteiger charge is 2.36. The molecule has 1 atom stereocenters. The highest BCUT2D eigenvalue weighted by atomic mass is 35.5. The lowest BCUT2D eigenvalue weighted by atomic mass is 10.1. The maximum atomic E-state index is 13.3. The second-order valence-corrected chi connectivity index (χ2v) is 10.1. The maximum Gasteiger partial charge on any atom is 0.416 e. The zero-order valence-electron chi connectivity index (χ0n) is 18.2. The standard InChI is InChI=1S/C22H25ClF3N3O3S/c1-3-20(29(33(2,31)32)19-9-5-7-17(23)15-19)21(30)28-12-10-27(11-13-28)18-8-4-6-16(14-18)22(24,25)26/h4-9,14-15,20H,3,10-13H2,1-2H3. The lowest BCUT2D eigenvalue weighted by Crippen LogP contribution is -2.56. The van der Waals surface area contributed by atoms with Crippen molar-refractivity contribution in [2.45, 2.75) is 25.6 Å². The van der Waals surface area contributed by atoms with Crippen LogP contribution in [-0.4, -0.2) is 57.7 Å². The lowest BCUT2D eigenvalue weighted by molar-refractivity contribution is -0.137. The number of carbonyl (C=O) groups is 1. The van der Waals surface area contributed by atoms with Crippen LogP contribution in [0.2, 0.25) is 5.02 Å². The molecule has 180 valence electrons. The first kappa shape index (κ1) is 25.2. The second-order valence-electron chi connectivity index (χ2n) is 7.82. The summed E-state index contributed by atoms with van der Waals surface area (Å²) in [6.07, 6.45) is -3.15. The van der Waals surface area contributed by atoms with E-state index in [1.165, 1.54) is 12.1 Å². The SMILES string of the molecule is CCC(C(=O)N1CCN(c2cccc(C(F)(F)F)c2)CC1)N(c1cccc(Cl)c1)S(C)(=O)=O. The van der Waals surface area contributed by atoms with Gasteiger partial charge >= 0.3 is 6.18 Å². The van der Waals surface area contributed by atoms with Crippen molar-refractivity contribution in [1.82, 2.24) is 4.90 Å². The fourth-order valence-corrected chi connectivity index (χ4v) is 5.31. The van der Waals surface area contributed by atoms with Gasteiger partial charge in [0.1, 0.15) is 6.04 Å². The first-order valence-electron chi connectivity index (χ1n) is 10.4. The first-order valence-corrected chi connectivity index (χ1v) is 12.6. The number of rotatable bonds is 6. The van der Waals surface area contributed by atoms with Gasteiger partial charge in [-0.05, 0) is 42.8 Å². The topological polar surface area (TPSA) is 60.9 Å². The molecule has 2 aromatic rings. The fourth-order valence-electron chi connectivity index (χ4n) is 3.93. The van der Waals surface area contributed by atoms with E-state index < -0.39 is 27.8 Å². The van der Waals surface area contributed by atoms with E-state index in [9.17, 15) is 26.4 Å². The van der Waals surface area contributed by atoms with Crippen LogP contribution >= 0.6 is 11.6 Å². The largest absolute Gasteiger partial charge is 0.416 e. The Balaban J connectivity index is 1.77. The zero-order chi connectivity index (χ0) is 24.4. The first-order chi connectivity index (χ1) is 15.4. The van der Waals surface area contributed by atoms with Crippen molar-refractivity contribution in [2.75, 3.05) is 41.6 Å². The summed E-state index contributed by atoms with van der Waals surface area (Å²) in [6, 6.07) is 10.4. The number of piperazine rings is 1. The molecule has 0 N–H and O–H groups in total. The van der Waals surface area contributed by atoms with Gasteiger partial charge in [0, 0.05) is 36.9 Å². The summed E-state index contributed by atoms with van der Waals surface area (Å²) >= 11 is 6.04. The van der Waals surface area contributed by atoms with E-state index in [4.69, 9.17) is 11.6 Å². The number of amides is 1. The van der Waals surface area contributed by atoms with Crippen molar-refractivity contribution in [3.63, 3.8) is 0 Å². The van der Waals surface area contributed by atoms with Crippen LogP contribution < -0.4 is 9.21 Å². The highest BCUT2D eigenvalue weighted by molar-refractivity contribution is 7.92. The molecule has 1 saturated heterocycles. The van der Waals surface area contributed by atoms with Crippen molar-refractivity contribution >= 4 is 38.9 Å². The molecule has 0 spiro atoms. The average Bonchev–Trinajstić information content (AvgIpc) is 2.75. The Labute approximate surface area is 196 Å². The second kappa shape index (κ2) is 9.80. The monoisotopic (exact) mass is 503 g/mol. The molecule has 3 rings (SSSR count). The van der Waals surface area contributed by atoms with E-state index in [1.54, 1.807) is 41.0 Å². The summed E-state index contributed by atoms with van der Waals surface area (Å²) < 4.78 is 65.4. The molecule has 0 bridgehead atoms. The molecule has 1 heterocycles. The molecule has 1 fully saturated rings. The summed E-state index contributed by atoms with van der Waals surface area (Å²) in [5.74, 6) is -0.355. The number of hydrogen-bond donors (Lipinski definition) is 0. The summed E-state index contributed by atoms with van der Waals surface area (Å²) in [7, 11) is -3.79. The molecular weight excluding hydrogens is 479 g/mol. The Morgan fingerprint density at radius 1 is 1.09 bits per heavy atom. The van der Waals surface area contributed by atoms with Gasteiger partial charge in [-0.25, -0.2) is 8.42 Å². The quantitative estimate of drug-likeness (QED) is 0.591. The molecule has 2 aromatic carbocycles. The van der Waals surface area contributed by atoms with Crippen molar-refractivity contribution < 1.29 is 26.4 Å². The Morgan fingerprint density at radius 3 is 2.27 bits per heavy atom. The molecule has 1 aliphatic rings. The molecule has 1 amide bonds. The number of halogens is 4. The van der Waals surface area contributed by atoms with E-state index in [-0.39, 0.29) is 25.4 Å². The van der Waals surface area contributed by atoms with Gasteiger partial charge in [-0.3, -0.25) is 9.10 Å². The predicted molar refractivity (Wildman–Crippen MR) is 123 cm³/mol. The third kappa shape index (κ3) is 5.92. The molecule has 0 radical (unpaired) electrons. The van der Waals surface area contributed by atoms with Crippen LogP contribution in [0.25, 0.3) is 0 Å². The van der Waals surface area contributed by atoms with Crippen LogP contribution in [0.4, 0.5) is 24.5 Å². The lowest BCUT2D eigenvalue weighted by Gasteiger charge is -2.39. The van der Waals surface area contributed by atoms with E-state index in [1.807, 2.05) is 0 Å². The normalized spacial score (nSPS) is 15.9. The number of hydrogen-bond acceptors (Lipinski definition) is 4. The molecule has 0 aromatic heterocycles. The molecule has 33 heavy (non-hydrogen) atoms. The van der Waals surface area contributed by atoms with Crippen molar-refractivity contribution in [2.24, 2.45) is 0 Å². The smallest absolute Gasteiger partial charge is 0.368 e. The van der Waals surface area contributed by atoms with Gasteiger partial charge in [0.05, 0.1) is 17.5 Å². The van der Waals surface area contributed by atoms with Crippen molar-refractivity contribution in [3.05, 3.63) is 59.1 Å². The minimum Gasteiger partial charge on any atom is -0.368 e. The third-order valence-corrected chi connectivity index (χ3v) is 6.92. The molecule has 1 unspecified atom stereocenters. The maximum absolute atomic E-state index is 13.3. The number of benzene rings is 2. The Bertz CT molecular complexity index is 1100. The number of alkyl halides is 3. The molecule has 0 aliphatic carbocycles. The predicted octanol–water partition coefficient (Wildman–Crippen LogP) is 4.25. The van der Waals surface area contributed by atoms with Crippen LogP contribution in [0.3, 0.4) is 0 Å². The van der Waals surface area contributed by atoms with Crippen LogP contribution in [-0.2, 0) is 21.0 Å². The minimum atomic E-state index is -4.43. The summed E-state index contributed by atoms with van der Waals surface area (Å²) in [5.41, 5.74) is 0.00308. The fraction of sp³-hybridized carbons (Fsp3) is 0.409. The average molecular weight is 504 g/mol. The van der Waals surface area contributed by atoms with Gasteiger partial charge in [0.2, 0.25) is 15.9 Å². The Kier molecular flexibility index (Phi) is 7.48. The molecule has 0 saturated carbocycles. The number of sulfonamides is 1.